The summed E-state index contributed by atoms with van der Waals surface area (Å²) in [5, 5.41) is 4.42. The fourth-order valence-corrected chi connectivity index (χ4v) is 5.49. The minimum absolute atomic E-state index is 0.437. The number of halogens is 1. The van der Waals surface area contributed by atoms with Gasteiger partial charge >= 0.3 is 0 Å². The van der Waals surface area contributed by atoms with Crippen LogP contribution < -0.4 is 4.90 Å². The van der Waals surface area contributed by atoms with Crippen molar-refractivity contribution in [3.63, 3.8) is 0 Å². The number of hydrogen-bond acceptors (Lipinski definition) is 5. The molecule has 5 nitrogen and oxygen atoms in total. The van der Waals surface area contributed by atoms with Gasteiger partial charge in [-0.1, -0.05) is 0 Å². The molecule has 124 valence electrons. The summed E-state index contributed by atoms with van der Waals surface area (Å²) in [6.07, 6.45) is 6.65. The molecule has 3 aromatic heterocycles. The maximum Gasteiger partial charge on any atom is 0.155 e. The molecule has 0 atom stereocenters. The molecule has 1 aliphatic heterocycles. The van der Waals surface area contributed by atoms with Crippen LogP contribution in [-0.2, 0) is 12.8 Å². The summed E-state index contributed by atoms with van der Waals surface area (Å²) in [5.74, 6) is 1.06. The maximum absolute atomic E-state index is 4.85. The zero-order valence-corrected chi connectivity index (χ0v) is 15.9. The van der Waals surface area contributed by atoms with Crippen molar-refractivity contribution in [3.05, 3.63) is 38.6 Å². The number of aryl methyl sites for hydroxylation is 1. The molecule has 7 heteroatoms. The van der Waals surface area contributed by atoms with Crippen LogP contribution >= 0.6 is 27.3 Å². The lowest BCUT2D eigenvalue weighted by Gasteiger charge is -2.40. The highest BCUT2D eigenvalue weighted by molar-refractivity contribution is 9.10. The average molecular weight is 404 g/mol. The van der Waals surface area contributed by atoms with E-state index in [0.717, 1.165) is 41.1 Å². The summed E-state index contributed by atoms with van der Waals surface area (Å²) >= 11 is 5.42. The first-order chi connectivity index (χ1) is 11.7. The first-order valence-electron chi connectivity index (χ1n) is 8.31. The summed E-state index contributed by atoms with van der Waals surface area (Å²) in [5.41, 5.74) is 5.85. The van der Waals surface area contributed by atoms with E-state index in [9.17, 15) is 0 Å². The Morgan fingerprint density at radius 1 is 1.25 bits per heavy atom. The lowest BCUT2D eigenvalue weighted by molar-refractivity contribution is 0.232. The van der Waals surface area contributed by atoms with Crippen molar-refractivity contribution in [1.29, 1.82) is 0 Å². The second-order valence-electron chi connectivity index (χ2n) is 7.00. The molecule has 0 unspecified atom stereocenters. The fourth-order valence-electron chi connectivity index (χ4n) is 4.16. The molecule has 1 saturated heterocycles. The van der Waals surface area contributed by atoms with Gasteiger partial charge in [-0.05, 0) is 60.0 Å². The Bertz CT molecular complexity index is 900. The quantitative estimate of drug-likeness (QED) is 0.621. The Morgan fingerprint density at radius 3 is 2.88 bits per heavy atom. The van der Waals surface area contributed by atoms with Gasteiger partial charge in [0.15, 0.2) is 5.82 Å². The molecule has 0 N–H and O–H groups in total. The van der Waals surface area contributed by atoms with Gasteiger partial charge in [-0.3, -0.25) is 0 Å². The highest BCUT2D eigenvalue weighted by Gasteiger charge is 2.41. The van der Waals surface area contributed by atoms with E-state index in [1.165, 1.54) is 29.8 Å². The van der Waals surface area contributed by atoms with Crippen LogP contribution in [0.1, 0.15) is 29.1 Å². The van der Waals surface area contributed by atoms with Gasteiger partial charge in [0.05, 0.1) is 23.1 Å². The summed E-state index contributed by atoms with van der Waals surface area (Å²) in [4.78, 5) is 13.3. The fraction of sp³-hybridized carbons (Fsp3) is 0.471. The van der Waals surface area contributed by atoms with E-state index in [-0.39, 0.29) is 0 Å². The smallest absolute Gasteiger partial charge is 0.155 e. The van der Waals surface area contributed by atoms with Gasteiger partial charge in [0.1, 0.15) is 10.1 Å². The van der Waals surface area contributed by atoms with Crippen LogP contribution in [0.2, 0.25) is 0 Å². The van der Waals surface area contributed by atoms with E-state index < -0.39 is 0 Å². The van der Waals surface area contributed by atoms with Crippen LogP contribution in [0.15, 0.2) is 22.4 Å². The Labute approximate surface area is 152 Å². The zero-order valence-electron chi connectivity index (χ0n) is 13.5. The number of fused-ring (bicyclic) bond motifs is 2. The normalized spacial score (nSPS) is 19.3. The molecule has 0 amide bonds. The van der Waals surface area contributed by atoms with Crippen LogP contribution in [0, 0.1) is 12.3 Å². The zero-order chi connectivity index (χ0) is 16.3. The predicted octanol–water partition coefficient (Wildman–Crippen LogP) is 3.64. The van der Waals surface area contributed by atoms with E-state index in [1.807, 2.05) is 40.5 Å². The van der Waals surface area contributed by atoms with Gasteiger partial charge in [-0.25, -0.2) is 14.5 Å². The Morgan fingerprint density at radius 2 is 2.08 bits per heavy atom. The number of piperidine rings is 1. The van der Waals surface area contributed by atoms with Gasteiger partial charge in [-0.2, -0.15) is 5.10 Å². The Hall–Kier alpha value is -1.47. The Balaban J connectivity index is 1.42. The minimum Gasteiger partial charge on any atom is -0.355 e. The highest BCUT2D eigenvalue weighted by atomic mass is 79.9. The highest BCUT2D eigenvalue weighted by Crippen LogP contribution is 2.46. The SMILES string of the molecule is Cc1nc(N2CCC3(CC2)Cc2ncsc2C3)c2ccnn2c1Br. The molecule has 1 fully saturated rings. The van der Waals surface area contributed by atoms with E-state index in [2.05, 4.69) is 30.9 Å². The third kappa shape index (κ3) is 2.14. The first kappa shape index (κ1) is 14.8. The monoisotopic (exact) mass is 403 g/mol. The van der Waals surface area contributed by atoms with Crippen LogP contribution in [0.25, 0.3) is 5.52 Å². The molecule has 1 aliphatic carbocycles. The second-order valence-corrected chi connectivity index (χ2v) is 8.69. The molecule has 0 saturated carbocycles. The minimum atomic E-state index is 0.437. The molecule has 4 heterocycles. The van der Waals surface area contributed by atoms with E-state index in [1.54, 1.807) is 0 Å². The van der Waals surface area contributed by atoms with Crippen molar-refractivity contribution in [3.8, 4) is 0 Å². The second kappa shape index (κ2) is 5.26. The van der Waals surface area contributed by atoms with Crippen LogP contribution in [0.4, 0.5) is 5.82 Å². The lowest BCUT2D eigenvalue weighted by atomic mass is 9.76. The summed E-state index contributed by atoms with van der Waals surface area (Å²) < 4.78 is 2.88. The molecule has 3 aromatic rings. The molecule has 1 spiro atoms. The number of aromatic nitrogens is 4. The molecule has 24 heavy (non-hydrogen) atoms. The third-order valence-electron chi connectivity index (χ3n) is 5.56. The van der Waals surface area contributed by atoms with Gasteiger partial charge in [0.25, 0.3) is 0 Å². The summed E-state index contributed by atoms with van der Waals surface area (Å²) in [7, 11) is 0. The van der Waals surface area contributed by atoms with Gasteiger partial charge in [-0.15, -0.1) is 11.3 Å². The van der Waals surface area contributed by atoms with Crippen molar-refractivity contribution in [2.45, 2.75) is 32.6 Å². The molecular formula is C17H18BrN5S. The summed E-state index contributed by atoms with van der Waals surface area (Å²) in [6, 6.07) is 2.05. The van der Waals surface area contributed by atoms with Crippen LogP contribution in [-0.4, -0.2) is 32.7 Å². The average Bonchev–Trinajstić information content (AvgIpc) is 3.27. The van der Waals surface area contributed by atoms with Gasteiger partial charge in [0, 0.05) is 18.0 Å². The number of hydrogen-bond donors (Lipinski definition) is 0. The number of rotatable bonds is 1. The first-order valence-corrected chi connectivity index (χ1v) is 9.99. The summed E-state index contributed by atoms with van der Waals surface area (Å²) in [6.45, 7) is 4.15. The van der Waals surface area contributed by atoms with E-state index >= 15 is 0 Å². The van der Waals surface area contributed by atoms with E-state index in [0.29, 0.717) is 5.41 Å². The van der Waals surface area contributed by atoms with Gasteiger partial charge < -0.3 is 4.90 Å². The van der Waals surface area contributed by atoms with Crippen molar-refractivity contribution in [1.82, 2.24) is 19.6 Å². The topological polar surface area (TPSA) is 46.3 Å². The van der Waals surface area contributed by atoms with Crippen molar-refractivity contribution in [2.24, 2.45) is 5.41 Å². The maximum atomic E-state index is 4.85. The molecule has 2 aliphatic rings. The number of nitrogens with zero attached hydrogens (tertiary/aromatic N) is 5. The molecule has 0 radical (unpaired) electrons. The lowest BCUT2D eigenvalue weighted by Crippen LogP contribution is -2.41. The predicted molar refractivity (Wildman–Crippen MR) is 98.8 cm³/mol. The van der Waals surface area contributed by atoms with Gasteiger partial charge in [0.2, 0.25) is 0 Å². The molecule has 0 bridgehead atoms. The third-order valence-corrected chi connectivity index (χ3v) is 7.34. The Kier molecular flexibility index (Phi) is 3.25. The van der Waals surface area contributed by atoms with Crippen LogP contribution in [0.5, 0.6) is 0 Å². The molecule has 0 aromatic carbocycles. The molecule has 5 rings (SSSR count). The van der Waals surface area contributed by atoms with E-state index in [4.69, 9.17) is 4.98 Å². The van der Waals surface area contributed by atoms with Crippen molar-refractivity contribution < 1.29 is 0 Å². The molecular weight excluding hydrogens is 386 g/mol. The largest absolute Gasteiger partial charge is 0.355 e. The van der Waals surface area contributed by atoms with Crippen LogP contribution in [0.3, 0.4) is 0 Å². The number of anilines is 1. The number of thiazole rings is 1. The van der Waals surface area contributed by atoms with Crippen molar-refractivity contribution >= 4 is 38.6 Å². The standard InChI is InChI=1S/C17H18BrN5S/c1-11-15(18)23-13(2-5-20-23)16(21-11)22-6-3-17(4-7-22)8-12-14(9-17)24-10-19-12/h2,5,10H,3-4,6-9H2,1H3. The van der Waals surface area contributed by atoms with Crippen molar-refractivity contribution in [2.75, 3.05) is 18.0 Å².